The fraction of sp³-hybridized carbons (Fsp3) is 0.667. The van der Waals surface area contributed by atoms with Gasteiger partial charge in [-0.25, -0.2) is 0 Å². The monoisotopic (exact) mass is 259 g/mol. The summed E-state index contributed by atoms with van der Waals surface area (Å²) in [7, 11) is 0. The van der Waals surface area contributed by atoms with E-state index in [0.717, 1.165) is 0 Å². The molecule has 2 N–H and O–H groups in total. The SMILES string of the molecule is CCC(=O)CCC(C)=O.CCNC(=O)CC(=O)O. The molecule has 0 aliphatic rings. The van der Waals surface area contributed by atoms with Crippen molar-refractivity contribution in [2.24, 2.45) is 0 Å². The molecule has 6 nitrogen and oxygen atoms in total. The van der Waals surface area contributed by atoms with Crippen LogP contribution in [-0.4, -0.2) is 35.1 Å². The average Bonchev–Trinajstić information content (AvgIpc) is 2.26. The van der Waals surface area contributed by atoms with Crippen molar-refractivity contribution in [3.63, 3.8) is 0 Å². The first-order chi connectivity index (χ1) is 8.33. The summed E-state index contributed by atoms with van der Waals surface area (Å²) in [5.74, 6) is -1.27. The molecular formula is C12H21NO5. The third-order valence-electron chi connectivity index (χ3n) is 1.84. The van der Waals surface area contributed by atoms with Gasteiger partial charge >= 0.3 is 5.97 Å². The van der Waals surface area contributed by atoms with Crippen molar-refractivity contribution in [3.8, 4) is 0 Å². The van der Waals surface area contributed by atoms with Crippen molar-refractivity contribution in [3.05, 3.63) is 0 Å². The largest absolute Gasteiger partial charge is 0.481 e. The lowest BCUT2D eigenvalue weighted by Gasteiger charge is -1.95. The Kier molecular flexibility index (Phi) is 12.2. The van der Waals surface area contributed by atoms with Gasteiger partial charge in [0.1, 0.15) is 18.0 Å². The second-order valence-electron chi connectivity index (χ2n) is 3.62. The molecule has 0 aliphatic carbocycles. The molecule has 0 spiro atoms. The van der Waals surface area contributed by atoms with Gasteiger partial charge in [0.05, 0.1) is 0 Å². The number of rotatable bonds is 7. The van der Waals surface area contributed by atoms with Crippen LogP contribution in [0.4, 0.5) is 0 Å². The van der Waals surface area contributed by atoms with Crippen molar-refractivity contribution < 1.29 is 24.3 Å². The van der Waals surface area contributed by atoms with E-state index in [2.05, 4.69) is 5.32 Å². The summed E-state index contributed by atoms with van der Waals surface area (Å²) >= 11 is 0. The van der Waals surface area contributed by atoms with Crippen molar-refractivity contribution in [2.45, 2.75) is 46.5 Å². The van der Waals surface area contributed by atoms with E-state index in [0.29, 0.717) is 25.8 Å². The molecule has 1 amide bonds. The number of nitrogens with one attached hydrogen (secondary N) is 1. The molecule has 0 radical (unpaired) electrons. The van der Waals surface area contributed by atoms with E-state index in [9.17, 15) is 19.2 Å². The first-order valence-electron chi connectivity index (χ1n) is 5.83. The van der Waals surface area contributed by atoms with Gasteiger partial charge in [0.25, 0.3) is 0 Å². The van der Waals surface area contributed by atoms with Gasteiger partial charge in [-0.15, -0.1) is 0 Å². The smallest absolute Gasteiger partial charge is 0.312 e. The van der Waals surface area contributed by atoms with Crippen molar-refractivity contribution in [2.75, 3.05) is 6.54 Å². The molecule has 0 aliphatic heterocycles. The Morgan fingerprint density at radius 2 is 1.61 bits per heavy atom. The zero-order valence-electron chi connectivity index (χ0n) is 11.1. The Morgan fingerprint density at radius 1 is 1.06 bits per heavy atom. The van der Waals surface area contributed by atoms with Crippen LogP contribution in [0.2, 0.25) is 0 Å². The molecule has 6 heteroatoms. The molecular weight excluding hydrogens is 238 g/mol. The Labute approximate surface area is 107 Å². The average molecular weight is 259 g/mol. The summed E-state index contributed by atoms with van der Waals surface area (Å²) in [5, 5.41) is 10.4. The Hall–Kier alpha value is -1.72. The van der Waals surface area contributed by atoms with Crippen LogP contribution in [-0.2, 0) is 19.2 Å². The number of carboxylic acids is 1. The maximum absolute atomic E-state index is 10.6. The van der Waals surface area contributed by atoms with Crippen LogP contribution in [0.1, 0.15) is 46.5 Å². The van der Waals surface area contributed by atoms with E-state index in [1.54, 1.807) is 6.92 Å². The van der Waals surface area contributed by atoms with E-state index in [1.807, 2.05) is 6.92 Å². The first kappa shape index (κ1) is 18.6. The molecule has 0 saturated heterocycles. The van der Waals surface area contributed by atoms with E-state index < -0.39 is 18.3 Å². The number of carbonyl (C=O) groups is 4. The van der Waals surface area contributed by atoms with Crippen molar-refractivity contribution in [1.82, 2.24) is 5.32 Å². The lowest BCUT2D eigenvalue weighted by molar-refractivity contribution is -0.140. The predicted molar refractivity (Wildman–Crippen MR) is 66.1 cm³/mol. The van der Waals surface area contributed by atoms with Crippen LogP contribution >= 0.6 is 0 Å². The zero-order chi connectivity index (χ0) is 14.6. The van der Waals surface area contributed by atoms with Gasteiger partial charge in [-0.05, 0) is 13.8 Å². The number of Topliss-reactive ketones (excluding diaryl/α,β-unsaturated/α-hetero) is 2. The van der Waals surface area contributed by atoms with Crippen LogP contribution in [0.25, 0.3) is 0 Å². The lowest BCUT2D eigenvalue weighted by Crippen LogP contribution is -2.24. The number of carboxylic acid groups (broad SMARTS) is 1. The van der Waals surface area contributed by atoms with Crippen LogP contribution in [0.5, 0.6) is 0 Å². The summed E-state index contributed by atoms with van der Waals surface area (Å²) in [4.78, 5) is 41.1. The molecule has 0 rings (SSSR count). The van der Waals surface area contributed by atoms with Gasteiger partial charge in [-0.2, -0.15) is 0 Å². The van der Waals surface area contributed by atoms with Crippen LogP contribution in [0.15, 0.2) is 0 Å². The molecule has 0 atom stereocenters. The minimum Gasteiger partial charge on any atom is -0.481 e. The van der Waals surface area contributed by atoms with E-state index in [4.69, 9.17) is 5.11 Å². The molecule has 18 heavy (non-hydrogen) atoms. The Balaban J connectivity index is 0. The third-order valence-corrected chi connectivity index (χ3v) is 1.84. The molecule has 0 unspecified atom stereocenters. The normalized spacial score (nSPS) is 8.83. The number of ketones is 2. The van der Waals surface area contributed by atoms with Crippen molar-refractivity contribution in [1.29, 1.82) is 0 Å². The van der Waals surface area contributed by atoms with Crippen LogP contribution in [0, 0.1) is 0 Å². The number of amides is 1. The van der Waals surface area contributed by atoms with Gasteiger partial charge < -0.3 is 15.2 Å². The van der Waals surface area contributed by atoms with Gasteiger partial charge in [-0.3, -0.25) is 14.4 Å². The van der Waals surface area contributed by atoms with Gasteiger partial charge in [-0.1, -0.05) is 6.92 Å². The lowest BCUT2D eigenvalue weighted by atomic mass is 10.1. The zero-order valence-corrected chi connectivity index (χ0v) is 11.1. The highest BCUT2D eigenvalue weighted by molar-refractivity contribution is 5.93. The summed E-state index contributed by atoms with van der Waals surface area (Å²) in [6.07, 6.45) is 0.944. The van der Waals surface area contributed by atoms with Gasteiger partial charge in [0, 0.05) is 25.8 Å². The van der Waals surface area contributed by atoms with E-state index >= 15 is 0 Å². The second kappa shape index (κ2) is 11.8. The predicted octanol–water partition coefficient (Wildman–Crippen LogP) is 0.932. The van der Waals surface area contributed by atoms with Gasteiger partial charge in [0.15, 0.2) is 0 Å². The maximum Gasteiger partial charge on any atom is 0.312 e. The fourth-order valence-electron chi connectivity index (χ4n) is 0.889. The first-order valence-corrected chi connectivity index (χ1v) is 5.83. The Bertz CT molecular complexity index is 299. The number of hydrogen-bond acceptors (Lipinski definition) is 4. The Morgan fingerprint density at radius 3 is 1.94 bits per heavy atom. The molecule has 0 aromatic rings. The maximum atomic E-state index is 10.6. The van der Waals surface area contributed by atoms with Gasteiger partial charge in [0.2, 0.25) is 5.91 Å². The minimum absolute atomic E-state index is 0.0943. The van der Waals surface area contributed by atoms with Crippen molar-refractivity contribution >= 4 is 23.4 Å². The molecule has 0 heterocycles. The summed E-state index contributed by atoms with van der Waals surface area (Å²) in [6, 6.07) is 0. The van der Waals surface area contributed by atoms with E-state index in [1.165, 1.54) is 6.92 Å². The molecule has 0 saturated carbocycles. The second-order valence-corrected chi connectivity index (χ2v) is 3.62. The summed E-state index contributed by atoms with van der Waals surface area (Å²) in [5.41, 5.74) is 0. The standard InChI is InChI=1S/C7H12O2.C5H9NO3/c1-3-7(9)5-4-6(2)8;1-2-6-4(7)3-5(8)9/h3-5H2,1-2H3;2-3H2,1H3,(H,6,7)(H,8,9). The summed E-state index contributed by atoms with van der Waals surface area (Å²) in [6.45, 7) is 5.53. The molecule has 0 aromatic heterocycles. The summed E-state index contributed by atoms with van der Waals surface area (Å²) < 4.78 is 0. The fourth-order valence-corrected chi connectivity index (χ4v) is 0.889. The minimum atomic E-state index is -1.10. The van der Waals surface area contributed by atoms with Crippen LogP contribution < -0.4 is 5.32 Å². The molecule has 0 aromatic carbocycles. The molecule has 104 valence electrons. The molecule has 0 bridgehead atoms. The molecule has 0 fully saturated rings. The third kappa shape index (κ3) is 16.7. The number of carbonyl (C=O) groups excluding carboxylic acids is 3. The highest BCUT2D eigenvalue weighted by atomic mass is 16.4. The highest BCUT2D eigenvalue weighted by Gasteiger charge is 2.03. The number of hydrogen-bond donors (Lipinski definition) is 2. The quantitative estimate of drug-likeness (QED) is 0.662. The van der Waals surface area contributed by atoms with E-state index in [-0.39, 0.29) is 11.6 Å². The van der Waals surface area contributed by atoms with Crippen LogP contribution in [0.3, 0.4) is 0 Å². The number of aliphatic carboxylic acids is 1. The highest BCUT2D eigenvalue weighted by Crippen LogP contribution is 1.94. The topological polar surface area (TPSA) is 101 Å².